The van der Waals surface area contributed by atoms with Gasteiger partial charge in [-0.1, -0.05) is 35.3 Å². The van der Waals surface area contributed by atoms with Gasteiger partial charge in [0.05, 0.1) is 12.4 Å². The van der Waals surface area contributed by atoms with Crippen LogP contribution in [0.25, 0.3) is 5.65 Å². The zero-order valence-electron chi connectivity index (χ0n) is 11.0. The zero-order chi connectivity index (χ0) is 14.4. The van der Waals surface area contributed by atoms with Crippen LogP contribution in [0.2, 0.25) is 10.2 Å². The van der Waals surface area contributed by atoms with Gasteiger partial charge in [-0.2, -0.15) is 9.61 Å². The van der Waals surface area contributed by atoms with E-state index < -0.39 is 0 Å². The average molecular weight is 320 g/mol. The molecule has 0 unspecified atom stereocenters. The summed E-state index contributed by atoms with van der Waals surface area (Å²) in [4.78, 5) is 4.23. The van der Waals surface area contributed by atoms with Crippen LogP contribution >= 0.6 is 23.2 Å². The fourth-order valence-electron chi connectivity index (χ4n) is 2.30. The molecule has 0 amide bonds. The highest BCUT2D eigenvalue weighted by atomic mass is 35.5. The second-order valence-electron chi connectivity index (χ2n) is 5.09. The Morgan fingerprint density at radius 1 is 1.19 bits per heavy atom. The summed E-state index contributed by atoms with van der Waals surface area (Å²) in [6, 6.07) is 8.07. The molecule has 4 rings (SSSR count). The molecule has 2 aromatic heterocycles. The second kappa shape index (κ2) is 4.90. The summed E-state index contributed by atoms with van der Waals surface area (Å²) >= 11 is 12.3. The number of benzene rings is 1. The van der Waals surface area contributed by atoms with Gasteiger partial charge in [0.15, 0.2) is 16.5 Å². The van der Waals surface area contributed by atoms with Crippen LogP contribution in [0.4, 0.5) is 0 Å². The van der Waals surface area contributed by atoms with Crippen molar-refractivity contribution in [2.24, 2.45) is 0 Å². The zero-order valence-corrected chi connectivity index (χ0v) is 12.5. The summed E-state index contributed by atoms with van der Waals surface area (Å²) in [6.45, 7) is 0. The molecule has 106 valence electrons. The molecule has 1 saturated carbocycles. The number of fused-ring (bicyclic) bond motifs is 1. The van der Waals surface area contributed by atoms with Gasteiger partial charge in [0.25, 0.3) is 0 Å². The quantitative estimate of drug-likeness (QED) is 0.656. The third-order valence-corrected chi connectivity index (χ3v) is 4.14. The minimum absolute atomic E-state index is 0.351. The molecule has 0 radical (unpaired) electrons. The lowest BCUT2D eigenvalue weighted by atomic mass is 10.1. The van der Waals surface area contributed by atoms with E-state index in [1.165, 1.54) is 29.1 Å². The normalized spacial score (nSPS) is 14.6. The molecule has 0 atom stereocenters. The van der Waals surface area contributed by atoms with Gasteiger partial charge in [-0.3, -0.25) is 0 Å². The van der Waals surface area contributed by atoms with Gasteiger partial charge < -0.3 is 4.74 Å². The van der Waals surface area contributed by atoms with E-state index in [2.05, 4.69) is 16.1 Å². The van der Waals surface area contributed by atoms with Gasteiger partial charge in [0.1, 0.15) is 10.8 Å². The molecule has 1 aromatic carbocycles. The highest BCUT2D eigenvalue weighted by molar-refractivity contribution is 6.34. The molecule has 3 aromatic rings. The van der Waals surface area contributed by atoms with Gasteiger partial charge in [-0.05, 0) is 36.5 Å². The molecule has 6 heteroatoms. The maximum absolute atomic E-state index is 6.30. The Hall–Kier alpha value is -1.78. The molecule has 2 heterocycles. The maximum Gasteiger partial charge on any atom is 0.183 e. The van der Waals surface area contributed by atoms with Crippen molar-refractivity contribution >= 4 is 28.8 Å². The van der Waals surface area contributed by atoms with Crippen LogP contribution in [-0.4, -0.2) is 14.6 Å². The molecule has 1 aliphatic rings. The van der Waals surface area contributed by atoms with E-state index in [1.807, 2.05) is 18.2 Å². The first kappa shape index (κ1) is 12.9. The van der Waals surface area contributed by atoms with Crippen LogP contribution in [0, 0.1) is 0 Å². The van der Waals surface area contributed by atoms with Crippen LogP contribution in [0.3, 0.4) is 0 Å². The van der Waals surface area contributed by atoms with Gasteiger partial charge in [0, 0.05) is 0 Å². The Bertz CT molecular complexity index is 827. The predicted molar refractivity (Wildman–Crippen MR) is 81.5 cm³/mol. The van der Waals surface area contributed by atoms with E-state index in [0.717, 1.165) is 5.75 Å². The molecular weight excluding hydrogens is 309 g/mol. The molecule has 4 nitrogen and oxygen atoms in total. The standard InChI is InChI=1S/C15H11Cl2N3O/c16-12-7-19-20-14(17)13(8-18-15(12)20)21-11-3-1-2-10(6-11)9-4-5-9/h1-3,6-9H,4-5H2. The van der Waals surface area contributed by atoms with Crippen LogP contribution in [-0.2, 0) is 0 Å². The molecule has 0 bridgehead atoms. The molecule has 0 aliphatic heterocycles. The van der Waals surface area contributed by atoms with Crippen LogP contribution in [0.1, 0.15) is 24.3 Å². The topological polar surface area (TPSA) is 39.4 Å². The van der Waals surface area contributed by atoms with Crippen molar-refractivity contribution in [3.05, 3.63) is 52.4 Å². The number of hydrogen-bond donors (Lipinski definition) is 0. The van der Waals surface area contributed by atoms with Gasteiger partial charge in [-0.25, -0.2) is 4.98 Å². The fraction of sp³-hybridized carbons (Fsp3) is 0.200. The Morgan fingerprint density at radius 2 is 2.05 bits per heavy atom. The number of halogens is 2. The molecular formula is C15H11Cl2N3O. The lowest BCUT2D eigenvalue weighted by molar-refractivity contribution is 0.475. The number of rotatable bonds is 3. The highest BCUT2D eigenvalue weighted by Gasteiger charge is 2.23. The summed E-state index contributed by atoms with van der Waals surface area (Å²) in [6.07, 6.45) is 5.58. The summed E-state index contributed by atoms with van der Waals surface area (Å²) in [5.41, 5.74) is 1.82. The number of hydrogen-bond acceptors (Lipinski definition) is 3. The summed E-state index contributed by atoms with van der Waals surface area (Å²) < 4.78 is 7.31. The lowest BCUT2D eigenvalue weighted by Crippen LogP contribution is -1.96. The van der Waals surface area contributed by atoms with E-state index in [0.29, 0.717) is 27.5 Å². The first-order valence-electron chi connectivity index (χ1n) is 6.68. The van der Waals surface area contributed by atoms with Gasteiger partial charge >= 0.3 is 0 Å². The van der Waals surface area contributed by atoms with Crippen molar-refractivity contribution in [2.45, 2.75) is 18.8 Å². The first-order chi connectivity index (χ1) is 10.2. The first-order valence-corrected chi connectivity index (χ1v) is 7.43. The number of ether oxygens (including phenoxy) is 1. The second-order valence-corrected chi connectivity index (χ2v) is 5.86. The maximum atomic E-state index is 6.30. The molecule has 1 aliphatic carbocycles. The number of aromatic nitrogens is 3. The summed E-state index contributed by atoms with van der Waals surface area (Å²) in [5, 5.41) is 4.89. The van der Waals surface area contributed by atoms with E-state index >= 15 is 0 Å². The summed E-state index contributed by atoms with van der Waals surface area (Å²) in [7, 11) is 0. The molecule has 1 fully saturated rings. The predicted octanol–water partition coefficient (Wildman–Crippen LogP) is 4.71. The van der Waals surface area contributed by atoms with Crippen molar-refractivity contribution in [2.75, 3.05) is 0 Å². The lowest BCUT2D eigenvalue weighted by Gasteiger charge is -2.09. The fourth-order valence-corrected chi connectivity index (χ4v) is 2.69. The van der Waals surface area contributed by atoms with Crippen LogP contribution in [0.5, 0.6) is 11.5 Å². The van der Waals surface area contributed by atoms with Crippen molar-refractivity contribution in [3.63, 3.8) is 0 Å². The van der Waals surface area contributed by atoms with Crippen molar-refractivity contribution < 1.29 is 4.74 Å². The Balaban J connectivity index is 1.70. The van der Waals surface area contributed by atoms with Crippen molar-refractivity contribution in [1.29, 1.82) is 0 Å². The summed E-state index contributed by atoms with van der Waals surface area (Å²) in [5.74, 6) is 1.88. The largest absolute Gasteiger partial charge is 0.452 e. The van der Waals surface area contributed by atoms with E-state index in [9.17, 15) is 0 Å². The van der Waals surface area contributed by atoms with Gasteiger partial charge in [-0.15, -0.1) is 0 Å². The monoisotopic (exact) mass is 319 g/mol. The van der Waals surface area contributed by atoms with E-state index in [1.54, 1.807) is 6.20 Å². The smallest absolute Gasteiger partial charge is 0.183 e. The molecule has 0 spiro atoms. The van der Waals surface area contributed by atoms with Crippen molar-refractivity contribution in [3.8, 4) is 11.5 Å². The van der Waals surface area contributed by atoms with Crippen LogP contribution < -0.4 is 4.74 Å². The third kappa shape index (κ3) is 2.34. The van der Waals surface area contributed by atoms with Gasteiger partial charge in [0.2, 0.25) is 0 Å². The Labute approximate surface area is 131 Å². The average Bonchev–Trinajstić information content (AvgIpc) is 3.27. The SMILES string of the molecule is Clc1cnn2c(Cl)c(Oc3cccc(C4CC4)c3)cnc12. The Morgan fingerprint density at radius 3 is 2.86 bits per heavy atom. The Kier molecular flexibility index (Phi) is 3.01. The molecule has 0 saturated heterocycles. The van der Waals surface area contributed by atoms with E-state index in [-0.39, 0.29) is 0 Å². The molecule has 0 N–H and O–H groups in total. The molecule has 21 heavy (non-hydrogen) atoms. The van der Waals surface area contributed by atoms with Crippen molar-refractivity contribution in [1.82, 2.24) is 14.6 Å². The minimum Gasteiger partial charge on any atom is -0.452 e. The van der Waals surface area contributed by atoms with Crippen LogP contribution in [0.15, 0.2) is 36.7 Å². The highest BCUT2D eigenvalue weighted by Crippen LogP contribution is 2.41. The van der Waals surface area contributed by atoms with E-state index in [4.69, 9.17) is 27.9 Å². The third-order valence-electron chi connectivity index (χ3n) is 3.53. The minimum atomic E-state index is 0.351. The number of nitrogens with zero attached hydrogens (tertiary/aromatic N) is 3.